The second kappa shape index (κ2) is 3.12. The van der Waals surface area contributed by atoms with Gasteiger partial charge in [0.2, 0.25) is 5.91 Å². The van der Waals surface area contributed by atoms with E-state index < -0.39 is 0 Å². The largest absolute Gasteiger partial charge is 0.325 e. The average Bonchev–Trinajstić information content (AvgIpc) is 2.42. The van der Waals surface area contributed by atoms with Crippen LogP contribution in [0.1, 0.15) is 30.9 Å². The Hall–Kier alpha value is -1.31. The van der Waals surface area contributed by atoms with Crippen molar-refractivity contribution >= 4 is 11.6 Å². The van der Waals surface area contributed by atoms with Gasteiger partial charge in [-0.2, -0.15) is 0 Å². The van der Waals surface area contributed by atoms with Gasteiger partial charge in [-0.05, 0) is 24.0 Å². The predicted molar refractivity (Wildman–Crippen MR) is 57.4 cm³/mol. The molecular weight excluding hydrogens is 174 g/mol. The summed E-state index contributed by atoms with van der Waals surface area (Å²) in [5.41, 5.74) is 3.33. The first-order chi connectivity index (χ1) is 6.61. The van der Waals surface area contributed by atoms with Crippen molar-refractivity contribution < 1.29 is 4.79 Å². The molecule has 0 fully saturated rings. The van der Waals surface area contributed by atoms with Gasteiger partial charge in [0, 0.05) is 5.69 Å². The fourth-order valence-electron chi connectivity index (χ4n) is 2.12. The monoisotopic (exact) mass is 189 g/mol. The minimum absolute atomic E-state index is 0.0323. The zero-order valence-corrected chi connectivity index (χ0v) is 8.79. The number of amides is 1. The number of benzene rings is 1. The fraction of sp³-hybridized carbons (Fsp3) is 0.417. The third kappa shape index (κ3) is 1.22. The van der Waals surface area contributed by atoms with Gasteiger partial charge in [0.05, 0.1) is 5.92 Å². The van der Waals surface area contributed by atoms with E-state index in [4.69, 9.17) is 0 Å². The van der Waals surface area contributed by atoms with Crippen molar-refractivity contribution in [2.24, 2.45) is 5.92 Å². The van der Waals surface area contributed by atoms with E-state index in [0.717, 1.165) is 16.8 Å². The van der Waals surface area contributed by atoms with Gasteiger partial charge in [-0.1, -0.05) is 32.0 Å². The second-order valence-corrected chi connectivity index (χ2v) is 4.25. The highest BCUT2D eigenvalue weighted by Gasteiger charge is 2.33. The van der Waals surface area contributed by atoms with Gasteiger partial charge >= 0.3 is 0 Å². The molecule has 1 aromatic carbocycles. The maximum absolute atomic E-state index is 11.7. The molecule has 74 valence electrons. The maximum atomic E-state index is 11.7. The summed E-state index contributed by atoms with van der Waals surface area (Å²) in [7, 11) is 0. The lowest BCUT2D eigenvalue weighted by Crippen LogP contribution is -2.16. The van der Waals surface area contributed by atoms with Crippen molar-refractivity contribution in [2.45, 2.75) is 26.7 Å². The standard InChI is InChI=1S/C12H15NO/c1-7(2)10-9-6-4-5-8(3)11(9)13-12(10)14/h4-7,10H,1-3H3,(H,13,14)/t10-/m1/s1. The number of hydrogen-bond acceptors (Lipinski definition) is 1. The van der Waals surface area contributed by atoms with Crippen molar-refractivity contribution in [3.05, 3.63) is 29.3 Å². The highest BCUT2D eigenvalue weighted by atomic mass is 16.2. The minimum Gasteiger partial charge on any atom is -0.325 e. The van der Waals surface area contributed by atoms with Crippen LogP contribution in [0.2, 0.25) is 0 Å². The molecule has 0 spiro atoms. The molecule has 0 unspecified atom stereocenters. The molecule has 1 aliphatic rings. The SMILES string of the molecule is Cc1cccc2c1NC(=O)[C@@H]2C(C)C. The van der Waals surface area contributed by atoms with E-state index in [0.29, 0.717) is 5.92 Å². The molecule has 14 heavy (non-hydrogen) atoms. The summed E-state index contributed by atoms with van der Waals surface area (Å²) < 4.78 is 0. The highest BCUT2D eigenvalue weighted by Crippen LogP contribution is 2.38. The Labute approximate surface area is 84.3 Å². The molecule has 0 aliphatic carbocycles. The van der Waals surface area contributed by atoms with Crippen LogP contribution in [0.4, 0.5) is 5.69 Å². The van der Waals surface area contributed by atoms with Gasteiger partial charge in [0.15, 0.2) is 0 Å². The van der Waals surface area contributed by atoms with Crippen LogP contribution < -0.4 is 5.32 Å². The van der Waals surface area contributed by atoms with Crippen LogP contribution in [0.3, 0.4) is 0 Å². The summed E-state index contributed by atoms with van der Waals surface area (Å²) in [5.74, 6) is 0.534. The van der Waals surface area contributed by atoms with Crippen LogP contribution in [0.25, 0.3) is 0 Å². The lowest BCUT2D eigenvalue weighted by molar-refractivity contribution is -0.117. The summed E-state index contributed by atoms with van der Waals surface area (Å²) in [4.78, 5) is 11.7. The number of anilines is 1. The fourth-order valence-corrected chi connectivity index (χ4v) is 2.12. The van der Waals surface area contributed by atoms with Gasteiger partial charge < -0.3 is 5.32 Å². The van der Waals surface area contributed by atoms with Crippen molar-refractivity contribution in [1.29, 1.82) is 0 Å². The Morgan fingerprint density at radius 2 is 2.07 bits per heavy atom. The molecule has 1 amide bonds. The molecule has 1 N–H and O–H groups in total. The Morgan fingerprint density at radius 1 is 1.36 bits per heavy atom. The number of nitrogens with one attached hydrogen (secondary N) is 1. The van der Waals surface area contributed by atoms with Gasteiger partial charge in [0.25, 0.3) is 0 Å². The Kier molecular flexibility index (Phi) is 2.06. The van der Waals surface area contributed by atoms with Crippen LogP contribution in [0, 0.1) is 12.8 Å². The molecule has 0 aromatic heterocycles. The van der Waals surface area contributed by atoms with Gasteiger partial charge in [-0.15, -0.1) is 0 Å². The van der Waals surface area contributed by atoms with Crippen LogP contribution in [-0.2, 0) is 4.79 Å². The molecular formula is C12H15NO. The van der Waals surface area contributed by atoms with Crippen molar-refractivity contribution in [3.8, 4) is 0 Å². The summed E-state index contributed by atoms with van der Waals surface area (Å²) >= 11 is 0. The molecule has 0 bridgehead atoms. The van der Waals surface area contributed by atoms with Gasteiger partial charge in [-0.3, -0.25) is 4.79 Å². The van der Waals surface area contributed by atoms with Crippen molar-refractivity contribution in [3.63, 3.8) is 0 Å². The predicted octanol–water partition coefficient (Wildman–Crippen LogP) is 2.69. The number of carbonyl (C=O) groups is 1. The van der Waals surface area contributed by atoms with E-state index in [-0.39, 0.29) is 11.8 Å². The van der Waals surface area contributed by atoms with E-state index in [9.17, 15) is 4.79 Å². The van der Waals surface area contributed by atoms with E-state index >= 15 is 0 Å². The van der Waals surface area contributed by atoms with E-state index in [2.05, 4.69) is 19.2 Å². The number of rotatable bonds is 1. The molecule has 2 heteroatoms. The first-order valence-electron chi connectivity index (χ1n) is 5.01. The second-order valence-electron chi connectivity index (χ2n) is 4.25. The summed E-state index contributed by atoms with van der Waals surface area (Å²) in [6, 6.07) is 6.09. The molecule has 1 atom stereocenters. The number of hydrogen-bond donors (Lipinski definition) is 1. The molecule has 2 nitrogen and oxygen atoms in total. The minimum atomic E-state index is 0.0323. The quantitative estimate of drug-likeness (QED) is 0.723. The van der Waals surface area contributed by atoms with Gasteiger partial charge in [-0.25, -0.2) is 0 Å². The number of para-hydroxylation sites is 1. The van der Waals surface area contributed by atoms with Crippen LogP contribution in [0.15, 0.2) is 18.2 Å². The van der Waals surface area contributed by atoms with Crippen molar-refractivity contribution in [2.75, 3.05) is 5.32 Å². The summed E-state index contributed by atoms with van der Waals surface area (Å²) in [6.07, 6.45) is 0. The highest BCUT2D eigenvalue weighted by molar-refractivity contribution is 6.03. The third-order valence-corrected chi connectivity index (χ3v) is 2.84. The Balaban J connectivity index is 2.53. The molecule has 1 heterocycles. The van der Waals surface area contributed by atoms with E-state index in [1.807, 2.05) is 25.1 Å². The van der Waals surface area contributed by atoms with Crippen LogP contribution in [0.5, 0.6) is 0 Å². The first kappa shape index (κ1) is 9.25. The zero-order valence-electron chi connectivity index (χ0n) is 8.79. The molecule has 1 aliphatic heterocycles. The van der Waals surface area contributed by atoms with Crippen molar-refractivity contribution in [1.82, 2.24) is 0 Å². The first-order valence-corrected chi connectivity index (χ1v) is 5.01. The Bertz CT molecular complexity index is 382. The molecule has 0 saturated carbocycles. The molecule has 2 rings (SSSR count). The van der Waals surface area contributed by atoms with E-state index in [1.165, 1.54) is 0 Å². The maximum Gasteiger partial charge on any atom is 0.232 e. The zero-order chi connectivity index (χ0) is 10.3. The van der Waals surface area contributed by atoms with Crippen LogP contribution in [-0.4, -0.2) is 5.91 Å². The normalized spacial score (nSPS) is 19.7. The van der Waals surface area contributed by atoms with E-state index in [1.54, 1.807) is 0 Å². The average molecular weight is 189 g/mol. The smallest absolute Gasteiger partial charge is 0.232 e. The lowest BCUT2D eigenvalue weighted by Gasteiger charge is -2.12. The topological polar surface area (TPSA) is 29.1 Å². The van der Waals surface area contributed by atoms with Crippen LogP contribution >= 0.6 is 0 Å². The summed E-state index contributed by atoms with van der Waals surface area (Å²) in [5, 5.41) is 2.96. The number of carbonyl (C=O) groups excluding carboxylic acids is 1. The number of fused-ring (bicyclic) bond motifs is 1. The lowest BCUT2D eigenvalue weighted by atomic mass is 9.89. The van der Waals surface area contributed by atoms with Gasteiger partial charge in [0.1, 0.15) is 0 Å². The third-order valence-electron chi connectivity index (χ3n) is 2.84. The number of aryl methyl sites for hydroxylation is 1. The molecule has 0 saturated heterocycles. The molecule has 1 aromatic rings. The molecule has 0 radical (unpaired) electrons. The summed E-state index contributed by atoms with van der Waals surface area (Å²) in [6.45, 7) is 6.20. The Morgan fingerprint density at radius 3 is 2.71 bits per heavy atom.